The Morgan fingerprint density at radius 3 is 2.44 bits per heavy atom. The van der Waals surface area contributed by atoms with E-state index in [1.807, 2.05) is 12.1 Å². The molecular formula is C18H17N3O4. The minimum atomic E-state index is -0.271. The Kier molecular flexibility index (Phi) is 4.94. The Morgan fingerprint density at radius 2 is 1.80 bits per heavy atom. The summed E-state index contributed by atoms with van der Waals surface area (Å²) in [6.07, 6.45) is 0. The molecule has 1 amide bonds. The smallest absolute Gasteiger partial charge is 0.262 e. The fraction of sp³-hybridized carbons (Fsp3) is 0.167. The van der Waals surface area contributed by atoms with Crippen molar-refractivity contribution < 1.29 is 18.7 Å². The van der Waals surface area contributed by atoms with Crippen LogP contribution < -0.4 is 14.8 Å². The number of aromatic nitrogens is 2. The molecule has 0 aliphatic rings. The molecule has 1 N–H and O–H groups in total. The number of carbonyl (C=O) groups excluding carboxylic acids is 1. The lowest BCUT2D eigenvalue weighted by Crippen LogP contribution is -2.20. The van der Waals surface area contributed by atoms with Crippen molar-refractivity contribution in [3.8, 4) is 23.0 Å². The van der Waals surface area contributed by atoms with Crippen LogP contribution >= 0.6 is 0 Å². The third kappa shape index (κ3) is 4.14. The monoisotopic (exact) mass is 339 g/mol. The van der Waals surface area contributed by atoms with Crippen LogP contribution in [0.2, 0.25) is 0 Å². The predicted molar refractivity (Wildman–Crippen MR) is 91.6 cm³/mol. The Hall–Kier alpha value is -3.35. The number of benzene rings is 2. The number of methoxy groups -OCH3 is 1. The van der Waals surface area contributed by atoms with Gasteiger partial charge in [-0.2, -0.15) is 0 Å². The average Bonchev–Trinajstić information content (AvgIpc) is 3.07. The molecule has 0 radical (unpaired) electrons. The summed E-state index contributed by atoms with van der Waals surface area (Å²) in [5, 5.41) is 10.5. The van der Waals surface area contributed by atoms with Gasteiger partial charge in [-0.15, -0.1) is 10.2 Å². The van der Waals surface area contributed by atoms with Crippen LogP contribution in [0.3, 0.4) is 0 Å². The number of para-hydroxylation sites is 2. The molecule has 3 aromatic rings. The van der Waals surface area contributed by atoms with E-state index < -0.39 is 0 Å². The molecule has 0 saturated heterocycles. The van der Waals surface area contributed by atoms with Crippen molar-refractivity contribution in [2.24, 2.45) is 0 Å². The minimum Gasteiger partial charge on any atom is -0.493 e. The second-order valence-electron chi connectivity index (χ2n) is 5.19. The van der Waals surface area contributed by atoms with Crippen LogP contribution in [-0.4, -0.2) is 29.8 Å². The number of carbonyl (C=O) groups is 1. The van der Waals surface area contributed by atoms with Crippen LogP contribution in [0, 0.1) is 6.92 Å². The van der Waals surface area contributed by atoms with Crippen LogP contribution in [-0.2, 0) is 4.79 Å². The highest BCUT2D eigenvalue weighted by molar-refractivity contribution is 5.92. The van der Waals surface area contributed by atoms with E-state index in [2.05, 4.69) is 15.5 Å². The molecule has 7 nitrogen and oxygen atoms in total. The zero-order valence-corrected chi connectivity index (χ0v) is 13.9. The van der Waals surface area contributed by atoms with Gasteiger partial charge in [0, 0.05) is 18.2 Å². The van der Waals surface area contributed by atoms with E-state index in [0.717, 1.165) is 5.56 Å². The average molecular weight is 339 g/mol. The molecule has 0 saturated carbocycles. The van der Waals surface area contributed by atoms with Crippen LogP contribution in [0.5, 0.6) is 11.5 Å². The number of aryl methyl sites for hydroxylation is 1. The molecule has 3 rings (SSSR count). The molecule has 0 fully saturated rings. The molecule has 1 heterocycles. The lowest BCUT2D eigenvalue weighted by molar-refractivity contribution is -0.118. The number of hydrogen-bond acceptors (Lipinski definition) is 6. The number of rotatable bonds is 6. The topological polar surface area (TPSA) is 86.5 Å². The molecule has 1 aromatic heterocycles. The molecule has 0 unspecified atom stereocenters. The Morgan fingerprint density at radius 1 is 1.08 bits per heavy atom. The Balaban J connectivity index is 1.57. The van der Waals surface area contributed by atoms with Crippen LogP contribution in [0.15, 0.2) is 52.9 Å². The van der Waals surface area contributed by atoms with Crippen molar-refractivity contribution in [3.05, 3.63) is 54.4 Å². The van der Waals surface area contributed by atoms with Crippen LogP contribution in [0.1, 0.15) is 5.89 Å². The van der Waals surface area contributed by atoms with Gasteiger partial charge in [0.2, 0.25) is 11.8 Å². The van der Waals surface area contributed by atoms with E-state index in [1.54, 1.807) is 50.4 Å². The molecule has 128 valence electrons. The molecule has 0 bridgehead atoms. The molecule has 0 atom stereocenters. The fourth-order valence-electron chi connectivity index (χ4n) is 2.19. The molecular weight excluding hydrogens is 322 g/mol. The van der Waals surface area contributed by atoms with Gasteiger partial charge in [0.1, 0.15) is 0 Å². The van der Waals surface area contributed by atoms with Gasteiger partial charge in [-0.05, 0) is 36.4 Å². The van der Waals surface area contributed by atoms with Crippen LogP contribution in [0.4, 0.5) is 5.69 Å². The summed E-state index contributed by atoms with van der Waals surface area (Å²) in [6.45, 7) is 1.61. The minimum absolute atomic E-state index is 0.120. The quantitative estimate of drug-likeness (QED) is 0.743. The number of amides is 1. The van der Waals surface area contributed by atoms with Gasteiger partial charge in [-0.1, -0.05) is 12.1 Å². The molecule has 7 heteroatoms. The number of nitrogens with one attached hydrogen (secondary N) is 1. The number of nitrogens with zero attached hydrogens (tertiary/aromatic N) is 2. The van der Waals surface area contributed by atoms with E-state index in [1.165, 1.54) is 0 Å². The third-order valence-electron chi connectivity index (χ3n) is 3.37. The number of hydrogen-bond donors (Lipinski definition) is 1. The zero-order valence-electron chi connectivity index (χ0n) is 13.9. The Labute approximate surface area is 144 Å². The highest BCUT2D eigenvalue weighted by Gasteiger charge is 2.09. The first-order chi connectivity index (χ1) is 12.2. The van der Waals surface area contributed by atoms with E-state index in [4.69, 9.17) is 13.9 Å². The van der Waals surface area contributed by atoms with Crippen molar-refractivity contribution in [1.29, 1.82) is 0 Å². The first-order valence-electron chi connectivity index (χ1n) is 7.62. The van der Waals surface area contributed by atoms with E-state index >= 15 is 0 Å². The summed E-state index contributed by atoms with van der Waals surface area (Å²) >= 11 is 0. The van der Waals surface area contributed by atoms with Crippen molar-refractivity contribution in [1.82, 2.24) is 10.2 Å². The lowest BCUT2D eigenvalue weighted by Gasteiger charge is -2.10. The summed E-state index contributed by atoms with van der Waals surface area (Å²) in [4.78, 5) is 12.0. The maximum absolute atomic E-state index is 12.0. The SMILES string of the molecule is COc1ccccc1OCC(=O)Nc1ccc(-c2nnc(C)o2)cc1. The van der Waals surface area contributed by atoms with Gasteiger partial charge in [-0.25, -0.2) is 0 Å². The van der Waals surface area contributed by atoms with E-state index in [0.29, 0.717) is 29.0 Å². The molecule has 0 aliphatic heterocycles. The van der Waals surface area contributed by atoms with Crippen molar-refractivity contribution in [2.75, 3.05) is 19.0 Å². The van der Waals surface area contributed by atoms with Crippen molar-refractivity contribution in [2.45, 2.75) is 6.92 Å². The first-order valence-corrected chi connectivity index (χ1v) is 7.62. The van der Waals surface area contributed by atoms with Gasteiger partial charge in [-0.3, -0.25) is 4.79 Å². The summed E-state index contributed by atoms with van der Waals surface area (Å²) in [5.41, 5.74) is 1.43. The van der Waals surface area contributed by atoms with Crippen molar-refractivity contribution >= 4 is 11.6 Å². The largest absolute Gasteiger partial charge is 0.493 e. The zero-order chi connectivity index (χ0) is 17.6. The van der Waals surface area contributed by atoms with Gasteiger partial charge in [0.15, 0.2) is 18.1 Å². The lowest BCUT2D eigenvalue weighted by atomic mass is 10.2. The second-order valence-corrected chi connectivity index (χ2v) is 5.19. The third-order valence-corrected chi connectivity index (χ3v) is 3.37. The first kappa shape index (κ1) is 16.5. The van der Waals surface area contributed by atoms with Gasteiger partial charge >= 0.3 is 0 Å². The van der Waals surface area contributed by atoms with E-state index in [9.17, 15) is 4.79 Å². The molecule has 0 aliphatic carbocycles. The maximum atomic E-state index is 12.0. The summed E-state index contributed by atoms with van der Waals surface area (Å²) < 4.78 is 16.0. The standard InChI is InChI=1S/C18H17N3O4/c1-12-20-21-18(25-12)13-7-9-14(10-8-13)19-17(22)11-24-16-6-4-3-5-15(16)23-2/h3-10H,11H2,1-2H3,(H,19,22). The second kappa shape index (κ2) is 7.48. The predicted octanol–water partition coefficient (Wildman–Crippen LogP) is 3.07. The van der Waals surface area contributed by atoms with E-state index in [-0.39, 0.29) is 12.5 Å². The highest BCUT2D eigenvalue weighted by atomic mass is 16.5. The summed E-state index contributed by atoms with van der Waals surface area (Å²) in [6, 6.07) is 14.3. The van der Waals surface area contributed by atoms with Gasteiger partial charge < -0.3 is 19.2 Å². The number of ether oxygens (including phenoxy) is 2. The molecule has 25 heavy (non-hydrogen) atoms. The molecule has 0 spiro atoms. The van der Waals surface area contributed by atoms with Gasteiger partial charge in [0.05, 0.1) is 7.11 Å². The maximum Gasteiger partial charge on any atom is 0.262 e. The van der Waals surface area contributed by atoms with Crippen molar-refractivity contribution in [3.63, 3.8) is 0 Å². The summed E-state index contributed by atoms with van der Waals surface area (Å²) in [5.74, 6) is 1.76. The molecule has 2 aromatic carbocycles. The number of anilines is 1. The highest BCUT2D eigenvalue weighted by Crippen LogP contribution is 2.25. The van der Waals surface area contributed by atoms with Crippen LogP contribution in [0.25, 0.3) is 11.5 Å². The summed E-state index contributed by atoms with van der Waals surface area (Å²) in [7, 11) is 1.55. The fourth-order valence-corrected chi connectivity index (χ4v) is 2.19. The Bertz CT molecular complexity index is 859. The van der Waals surface area contributed by atoms with Gasteiger partial charge in [0.25, 0.3) is 5.91 Å². The normalized spacial score (nSPS) is 10.3.